The van der Waals surface area contributed by atoms with Crippen LogP contribution in [0.25, 0.3) is 0 Å². The maximum absolute atomic E-state index is 5.13. The van der Waals surface area contributed by atoms with Crippen LogP contribution >= 0.6 is 22.6 Å². The quantitative estimate of drug-likeness (QED) is 0.819. The van der Waals surface area contributed by atoms with E-state index >= 15 is 0 Å². The number of anilines is 1. The average molecular weight is 353 g/mol. The van der Waals surface area contributed by atoms with Crippen LogP contribution in [0.1, 0.15) is 11.1 Å². The predicted octanol–water partition coefficient (Wildman–Crippen LogP) is 4.05. The van der Waals surface area contributed by atoms with Gasteiger partial charge in [-0.3, -0.25) is 0 Å². The maximum atomic E-state index is 5.13. The van der Waals surface area contributed by atoms with E-state index in [4.69, 9.17) is 4.74 Å². The van der Waals surface area contributed by atoms with Gasteiger partial charge in [-0.05, 0) is 58.0 Å². The molecule has 0 unspecified atom stereocenters. The van der Waals surface area contributed by atoms with Crippen molar-refractivity contribution in [1.82, 2.24) is 0 Å². The Morgan fingerprint density at radius 1 is 1.06 bits per heavy atom. The van der Waals surface area contributed by atoms with Gasteiger partial charge in [-0.2, -0.15) is 0 Å². The van der Waals surface area contributed by atoms with Gasteiger partial charge in [0.25, 0.3) is 0 Å². The summed E-state index contributed by atoms with van der Waals surface area (Å²) in [6.07, 6.45) is 0. The number of benzene rings is 2. The Hall–Kier alpha value is -1.07. The lowest BCUT2D eigenvalue weighted by atomic mass is 10.2. The molecule has 2 aromatic rings. The number of nitrogens with one attached hydrogen (secondary N) is 1. The van der Waals surface area contributed by atoms with Crippen LogP contribution in [0.4, 0.5) is 5.69 Å². The SMILES string of the molecule is COCc1cccc(NCc2ccc(I)cc2)c1. The molecule has 0 heterocycles. The van der Waals surface area contributed by atoms with Gasteiger partial charge in [0.05, 0.1) is 6.61 Å². The van der Waals surface area contributed by atoms with Crippen LogP contribution in [-0.2, 0) is 17.9 Å². The van der Waals surface area contributed by atoms with E-state index in [1.54, 1.807) is 7.11 Å². The molecule has 0 aliphatic heterocycles. The fourth-order valence-electron chi connectivity index (χ4n) is 1.74. The summed E-state index contributed by atoms with van der Waals surface area (Å²) < 4.78 is 6.39. The van der Waals surface area contributed by atoms with Crippen molar-refractivity contribution in [3.8, 4) is 0 Å². The molecule has 0 aliphatic rings. The molecule has 18 heavy (non-hydrogen) atoms. The highest BCUT2D eigenvalue weighted by molar-refractivity contribution is 14.1. The van der Waals surface area contributed by atoms with Gasteiger partial charge in [0.1, 0.15) is 0 Å². The Morgan fingerprint density at radius 3 is 2.56 bits per heavy atom. The van der Waals surface area contributed by atoms with E-state index < -0.39 is 0 Å². The lowest BCUT2D eigenvalue weighted by Gasteiger charge is -2.08. The smallest absolute Gasteiger partial charge is 0.0713 e. The van der Waals surface area contributed by atoms with Crippen molar-refractivity contribution in [2.75, 3.05) is 12.4 Å². The van der Waals surface area contributed by atoms with Crippen LogP contribution in [0, 0.1) is 3.57 Å². The first-order valence-corrected chi connectivity index (χ1v) is 6.92. The summed E-state index contributed by atoms with van der Waals surface area (Å²) in [5, 5.41) is 3.42. The molecule has 0 amide bonds. The van der Waals surface area contributed by atoms with Crippen molar-refractivity contribution in [3.63, 3.8) is 0 Å². The standard InChI is InChI=1S/C15H16INO/c1-18-11-13-3-2-4-15(9-13)17-10-12-5-7-14(16)8-6-12/h2-9,17H,10-11H2,1H3. The van der Waals surface area contributed by atoms with E-state index in [1.165, 1.54) is 14.7 Å². The Bertz CT molecular complexity index is 496. The molecule has 0 bridgehead atoms. The van der Waals surface area contributed by atoms with E-state index in [-0.39, 0.29) is 0 Å². The van der Waals surface area contributed by atoms with Crippen molar-refractivity contribution in [2.24, 2.45) is 0 Å². The number of halogens is 1. The van der Waals surface area contributed by atoms with Gasteiger partial charge < -0.3 is 10.1 Å². The lowest BCUT2D eigenvalue weighted by Crippen LogP contribution is -2.00. The Kier molecular flexibility index (Phi) is 5.01. The van der Waals surface area contributed by atoms with Crippen molar-refractivity contribution >= 4 is 28.3 Å². The summed E-state index contributed by atoms with van der Waals surface area (Å²) >= 11 is 2.32. The van der Waals surface area contributed by atoms with Crippen LogP contribution in [0.5, 0.6) is 0 Å². The second-order valence-electron chi connectivity index (χ2n) is 4.11. The van der Waals surface area contributed by atoms with Gasteiger partial charge in [0, 0.05) is 22.9 Å². The topological polar surface area (TPSA) is 21.3 Å². The van der Waals surface area contributed by atoms with Gasteiger partial charge in [0.15, 0.2) is 0 Å². The molecule has 3 heteroatoms. The first kappa shape index (κ1) is 13.4. The molecular weight excluding hydrogens is 337 g/mol. The van der Waals surface area contributed by atoms with Gasteiger partial charge in [-0.1, -0.05) is 24.3 Å². The Labute approximate surface area is 122 Å². The summed E-state index contributed by atoms with van der Waals surface area (Å²) in [7, 11) is 1.71. The zero-order chi connectivity index (χ0) is 12.8. The monoisotopic (exact) mass is 353 g/mol. The highest BCUT2D eigenvalue weighted by Gasteiger charge is 1.96. The molecule has 0 fully saturated rings. The highest BCUT2D eigenvalue weighted by atomic mass is 127. The molecule has 0 saturated carbocycles. The molecule has 1 N–H and O–H groups in total. The molecule has 0 spiro atoms. The van der Waals surface area contributed by atoms with E-state index in [2.05, 4.69) is 70.4 Å². The van der Waals surface area contributed by atoms with Gasteiger partial charge >= 0.3 is 0 Å². The Balaban J connectivity index is 1.97. The summed E-state index contributed by atoms with van der Waals surface area (Å²) in [6.45, 7) is 1.49. The van der Waals surface area contributed by atoms with Crippen molar-refractivity contribution in [1.29, 1.82) is 0 Å². The number of ether oxygens (including phenoxy) is 1. The van der Waals surface area contributed by atoms with Crippen LogP contribution in [-0.4, -0.2) is 7.11 Å². The maximum Gasteiger partial charge on any atom is 0.0713 e. The number of rotatable bonds is 5. The third-order valence-electron chi connectivity index (χ3n) is 2.65. The van der Waals surface area contributed by atoms with Gasteiger partial charge in [-0.25, -0.2) is 0 Å². The number of hydrogen-bond acceptors (Lipinski definition) is 2. The molecule has 2 rings (SSSR count). The van der Waals surface area contributed by atoms with Crippen molar-refractivity contribution in [2.45, 2.75) is 13.2 Å². The van der Waals surface area contributed by atoms with E-state index in [1.807, 2.05) is 6.07 Å². The van der Waals surface area contributed by atoms with Crippen LogP contribution in [0.15, 0.2) is 48.5 Å². The fraction of sp³-hybridized carbons (Fsp3) is 0.200. The molecule has 94 valence electrons. The minimum atomic E-state index is 0.652. The van der Waals surface area contributed by atoms with Crippen LogP contribution in [0.2, 0.25) is 0 Å². The first-order chi connectivity index (χ1) is 8.78. The largest absolute Gasteiger partial charge is 0.381 e. The minimum absolute atomic E-state index is 0.652. The number of hydrogen-bond donors (Lipinski definition) is 1. The molecule has 0 aliphatic carbocycles. The fourth-order valence-corrected chi connectivity index (χ4v) is 2.10. The van der Waals surface area contributed by atoms with Crippen molar-refractivity contribution in [3.05, 3.63) is 63.2 Å². The van der Waals surface area contributed by atoms with Gasteiger partial charge in [-0.15, -0.1) is 0 Å². The second-order valence-corrected chi connectivity index (χ2v) is 5.36. The summed E-state index contributed by atoms with van der Waals surface area (Å²) in [4.78, 5) is 0. The van der Waals surface area contributed by atoms with Crippen molar-refractivity contribution < 1.29 is 4.74 Å². The first-order valence-electron chi connectivity index (χ1n) is 5.84. The van der Waals surface area contributed by atoms with Crippen LogP contribution in [0.3, 0.4) is 0 Å². The molecular formula is C15H16INO. The third-order valence-corrected chi connectivity index (χ3v) is 3.37. The normalized spacial score (nSPS) is 10.3. The lowest BCUT2D eigenvalue weighted by molar-refractivity contribution is 0.185. The van der Waals surface area contributed by atoms with Crippen LogP contribution < -0.4 is 5.32 Å². The zero-order valence-electron chi connectivity index (χ0n) is 10.3. The summed E-state index contributed by atoms with van der Waals surface area (Å²) in [6, 6.07) is 16.9. The predicted molar refractivity (Wildman–Crippen MR) is 83.6 cm³/mol. The molecule has 2 aromatic carbocycles. The van der Waals surface area contributed by atoms with Gasteiger partial charge in [0.2, 0.25) is 0 Å². The minimum Gasteiger partial charge on any atom is -0.381 e. The molecule has 0 saturated heterocycles. The highest BCUT2D eigenvalue weighted by Crippen LogP contribution is 2.13. The summed E-state index contributed by atoms with van der Waals surface area (Å²) in [5.74, 6) is 0. The molecule has 0 aromatic heterocycles. The summed E-state index contributed by atoms with van der Waals surface area (Å²) in [5.41, 5.74) is 3.60. The Morgan fingerprint density at radius 2 is 1.83 bits per heavy atom. The average Bonchev–Trinajstić information content (AvgIpc) is 2.39. The molecule has 2 nitrogen and oxygen atoms in total. The second kappa shape index (κ2) is 6.75. The third kappa shape index (κ3) is 3.99. The van der Waals surface area contributed by atoms with E-state index in [9.17, 15) is 0 Å². The number of methoxy groups -OCH3 is 1. The zero-order valence-corrected chi connectivity index (χ0v) is 12.5. The molecule has 0 atom stereocenters. The van der Waals surface area contributed by atoms with E-state index in [0.29, 0.717) is 6.61 Å². The molecule has 0 radical (unpaired) electrons. The van der Waals surface area contributed by atoms with E-state index in [0.717, 1.165) is 12.2 Å².